The van der Waals surface area contributed by atoms with Crippen molar-refractivity contribution in [2.75, 3.05) is 9.80 Å². The second kappa shape index (κ2) is 20.2. The van der Waals surface area contributed by atoms with E-state index in [9.17, 15) is 0 Å². The van der Waals surface area contributed by atoms with Gasteiger partial charge >= 0.3 is 0 Å². The van der Waals surface area contributed by atoms with E-state index < -0.39 is 0 Å². The Bertz CT molecular complexity index is 4550. The van der Waals surface area contributed by atoms with Crippen LogP contribution in [0.5, 0.6) is 0 Å². The summed E-state index contributed by atoms with van der Waals surface area (Å²) in [4.78, 5) is 4.83. The predicted octanol–water partition coefficient (Wildman–Crippen LogP) is 21.5. The van der Waals surface area contributed by atoms with Gasteiger partial charge in [-0.2, -0.15) is 0 Å². The van der Waals surface area contributed by atoms with Gasteiger partial charge in [-0.05, 0) is 187 Å². The average Bonchev–Trinajstić information content (AvgIpc) is 4.13. The molecule has 12 aromatic carbocycles. The summed E-state index contributed by atoms with van der Waals surface area (Å²) in [6, 6.07) is 96.5. The van der Waals surface area contributed by atoms with Gasteiger partial charge < -0.3 is 14.4 Å². The number of hydrogen-bond donors (Lipinski definition) is 0. The van der Waals surface area contributed by atoms with E-state index in [0.717, 1.165) is 40.7 Å². The lowest BCUT2D eigenvalue weighted by Crippen LogP contribution is -2.11. The standard InChI is InChI=1S/C78H57N3/c1-2-79-77-45-43-73(80(69-35-27-57(28-36-69)65-23-19-53-11-3-7-15-61(53)47-65)70-37-29-58(30-38-70)66-24-20-54-12-4-8-16-62(54)48-66)51-75(77)76-52-74(44-46-78(76)79)81(71-39-31-59(32-40-71)67-25-21-55-13-5-9-17-63(55)49-67)72-41-33-60(34-42-72)68-26-22-56-14-6-10-18-64(56)50-68/h3-53,61H,2H2,1H3. The summed E-state index contributed by atoms with van der Waals surface area (Å²) in [5.41, 5.74) is 18.6. The summed E-state index contributed by atoms with van der Waals surface area (Å²) in [7, 11) is 0. The Labute approximate surface area is 473 Å². The molecule has 2 atom stereocenters. The van der Waals surface area contributed by atoms with Gasteiger partial charge in [0.1, 0.15) is 0 Å². The fourth-order valence-corrected chi connectivity index (χ4v) is 12.6. The number of nitrogens with zero attached hydrogens (tertiary/aromatic N) is 3. The Morgan fingerprint density at radius 1 is 0.309 bits per heavy atom. The number of fused-ring (bicyclic) bond motifs is 7. The van der Waals surface area contributed by atoms with Crippen LogP contribution in [-0.2, 0) is 6.54 Å². The van der Waals surface area contributed by atoms with E-state index in [2.05, 4.69) is 325 Å². The number of allylic oxidation sites excluding steroid dienone is 8. The number of aromatic nitrogens is 1. The topological polar surface area (TPSA) is 11.4 Å². The van der Waals surface area contributed by atoms with Crippen molar-refractivity contribution in [2.24, 2.45) is 11.8 Å². The molecule has 1 aromatic heterocycles. The van der Waals surface area contributed by atoms with Crippen molar-refractivity contribution in [3.05, 3.63) is 309 Å². The van der Waals surface area contributed by atoms with Crippen LogP contribution in [0.1, 0.15) is 12.5 Å². The molecule has 2 unspecified atom stereocenters. The van der Waals surface area contributed by atoms with Crippen molar-refractivity contribution in [1.82, 2.24) is 4.57 Å². The normalized spacial score (nSPS) is 14.7. The lowest BCUT2D eigenvalue weighted by atomic mass is 9.81. The quantitative estimate of drug-likeness (QED) is 0.128. The molecule has 0 radical (unpaired) electrons. The molecule has 0 fully saturated rings. The highest BCUT2D eigenvalue weighted by Crippen LogP contribution is 2.44. The van der Waals surface area contributed by atoms with Crippen LogP contribution in [0.4, 0.5) is 34.1 Å². The Morgan fingerprint density at radius 3 is 1.05 bits per heavy atom. The van der Waals surface area contributed by atoms with Gasteiger partial charge in [0.25, 0.3) is 0 Å². The maximum absolute atomic E-state index is 2.46. The van der Waals surface area contributed by atoms with Crippen LogP contribution in [0, 0.1) is 11.8 Å². The SMILES string of the molecule is CCn1c2ccc(N(c3ccc(C4=CC5C=CC=CC5C=C4)cc3)c3ccc(-c4ccc5ccccc5c4)cc3)cc2c2cc(N(c3ccc(-c4ccc5ccccc5c4)cc3)c3ccc(-c4ccc5ccccc5c4)cc3)ccc21. The van der Waals surface area contributed by atoms with E-state index in [0.29, 0.717) is 11.8 Å². The molecular weight excluding hydrogens is 979 g/mol. The summed E-state index contributed by atoms with van der Waals surface area (Å²) in [5, 5.41) is 9.88. The third-order valence-corrected chi connectivity index (χ3v) is 16.8. The maximum Gasteiger partial charge on any atom is 0.0492 e. The van der Waals surface area contributed by atoms with Crippen molar-refractivity contribution in [1.29, 1.82) is 0 Å². The summed E-state index contributed by atoms with van der Waals surface area (Å²) in [6.45, 7) is 3.10. The average molecular weight is 1040 g/mol. The molecule has 13 aromatic rings. The molecule has 0 aliphatic heterocycles. The second-order valence-corrected chi connectivity index (χ2v) is 21.6. The summed E-state index contributed by atoms with van der Waals surface area (Å²) < 4.78 is 2.46. The Hall–Kier alpha value is -10.2. The van der Waals surface area contributed by atoms with Crippen LogP contribution in [-0.4, -0.2) is 4.57 Å². The van der Waals surface area contributed by atoms with Gasteiger partial charge in [-0.1, -0.05) is 200 Å². The molecule has 0 bridgehead atoms. The Morgan fingerprint density at radius 2 is 0.654 bits per heavy atom. The van der Waals surface area contributed by atoms with Crippen LogP contribution < -0.4 is 9.80 Å². The van der Waals surface area contributed by atoms with E-state index in [-0.39, 0.29) is 0 Å². The van der Waals surface area contributed by atoms with E-state index in [1.54, 1.807) is 0 Å². The molecule has 2 aliphatic carbocycles. The van der Waals surface area contributed by atoms with Crippen LogP contribution in [0.15, 0.2) is 303 Å². The number of aryl methyl sites for hydroxylation is 1. The minimum Gasteiger partial charge on any atom is -0.341 e. The summed E-state index contributed by atoms with van der Waals surface area (Å²) >= 11 is 0. The number of hydrogen-bond acceptors (Lipinski definition) is 2. The molecule has 0 saturated carbocycles. The maximum atomic E-state index is 2.46. The highest BCUT2D eigenvalue weighted by Gasteiger charge is 2.22. The first kappa shape index (κ1) is 47.9. The van der Waals surface area contributed by atoms with Gasteiger partial charge in [0, 0.05) is 74.3 Å². The summed E-state index contributed by atoms with van der Waals surface area (Å²) in [5.74, 6) is 0.792. The zero-order chi connectivity index (χ0) is 53.8. The molecule has 0 saturated heterocycles. The number of anilines is 6. The van der Waals surface area contributed by atoms with Gasteiger partial charge in [0.2, 0.25) is 0 Å². The van der Waals surface area contributed by atoms with E-state index >= 15 is 0 Å². The zero-order valence-corrected chi connectivity index (χ0v) is 45.1. The molecule has 15 rings (SSSR count). The largest absolute Gasteiger partial charge is 0.341 e. The molecule has 0 spiro atoms. The lowest BCUT2D eigenvalue weighted by molar-refractivity contribution is 0.663. The Kier molecular flexibility index (Phi) is 12.0. The molecule has 384 valence electrons. The predicted molar refractivity (Wildman–Crippen MR) is 346 cm³/mol. The van der Waals surface area contributed by atoms with Crippen molar-refractivity contribution < 1.29 is 0 Å². The smallest absolute Gasteiger partial charge is 0.0492 e. The first-order chi connectivity index (χ1) is 40.0. The van der Waals surface area contributed by atoms with Crippen molar-refractivity contribution in [3.8, 4) is 33.4 Å². The third kappa shape index (κ3) is 8.90. The molecular formula is C78H57N3. The fourth-order valence-electron chi connectivity index (χ4n) is 12.6. The molecule has 1 heterocycles. The minimum atomic E-state index is 0.375. The van der Waals surface area contributed by atoms with Crippen LogP contribution in [0.3, 0.4) is 0 Å². The molecule has 2 aliphatic rings. The van der Waals surface area contributed by atoms with Gasteiger partial charge in [0.15, 0.2) is 0 Å². The number of rotatable bonds is 11. The highest BCUT2D eigenvalue weighted by atomic mass is 15.1. The second-order valence-electron chi connectivity index (χ2n) is 21.6. The fraction of sp³-hybridized carbons (Fsp3) is 0.0513. The molecule has 0 amide bonds. The number of benzene rings is 12. The van der Waals surface area contributed by atoms with Gasteiger partial charge in [-0.25, -0.2) is 0 Å². The highest BCUT2D eigenvalue weighted by molar-refractivity contribution is 6.11. The van der Waals surface area contributed by atoms with Crippen LogP contribution in [0.2, 0.25) is 0 Å². The van der Waals surface area contributed by atoms with Gasteiger partial charge in [-0.15, -0.1) is 0 Å². The van der Waals surface area contributed by atoms with E-state index in [4.69, 9.17) is 0 Å². The van der Waals surface area contributed by atoms with Gasteiger partial charge in [-0.3, -0.25) is 0 Å². The zero-order valence-electron chi connectivity index (χ0n) is 45.1. The molecule has 0 N–H and O–H groups in total. The Balaban J connectivity index is 0.845. The van der Waals surface area contributed by atoms with Crippen molar-refractivity contribution >= 4 is 93.8 Å². The minimum absolute atomic E-state index is 0.375. The monoisotopic (exact) mass is 1040 g/mol. The molecule has 3 heteroatoms. The molecule has 3 nitrogen and oxygen atoms in total. The van der Waals surface area contributed by atoms with Crippen LogP contribution in [0.25, 0.3) is 93.1 Å². The lowest BCUT2D eigenvalue weighted by Gasteiger charge is -2.27. The van der Waals surface area contributed by atoms with Crippen LogP contribution >= 0.6 is 0 Å². The van der Waals surface area contributed by atoms with Crippen molar-refractivity contribution in [2.45, 2.75) is 13.5 Å². The van der Waals surface area contributed by atoms with E-state index in [1.165, 1.54) is 98.6 Å². The van der Waals surface area contributed by atoms with Gasteiger partial charge in [0.05, 0.1) is 0 Å². The first-order valence-electron chi connectivity index (χ1n) is 28.3. The third-order valence-electron chi connectivity index (χ3n) is 16.8. The van der Waals surface area contributed by atoms with E-state index in [1.807, 2.05) is 0 Å². The molecule has 81 heavy (non-hydrogen) atoms. The summed E-state index contributed by atoms with van der Waals surface area (Å²) in [6.07, 6.45) is 16.0. The van der Waals surface area contributed by atoms with Crippen molar-refractivity contribution in [3.63, 3.8) is 0 Å². The first-order valence-corrected chi connectivity index (χ1v) is 28.3.